The molecule has 3 aromatic rings. The average molecular weight is 572 g/mol. The Morgan fingerprint density at radius 1 is 1.03 bits per heavy atom. The van der Waals surface area contributed by atoms with Gasteiger partial charge in [-0.2, -0.15) is 0 Å². The summed E-state index contributed by atoms with van der Waals surface area (Å²) >= 11 is 15.0. The van der Waals surface area contributed by atoms with Gasteiger partial charge in [0, 0.05) is 9.50 Å². The summed E-state index contributed by atoms with van der Waals surface area (Å²) in [5.41, 5.74) is 2.61. The zero-order chi connectivity index (χ0) is 24.9. The van der Waals surface area contributed by atoms with Gasteiger partial charge in [-0.3, -0.25) is 14.5 Å². The molecule has 1 amide bonds. The highest BCUT2D eigenvalue weighted by Gasteiger charge is 2.40. The smallest absolute Gasteiger partial charge is 0.325 e. The normalized spacial score (nSPS) is 14.5. The lowest BCUT2D eigenvalue weighted by atomic mass is 10.1. The number of rotatable bonds is 7. The predicted octanol–water partition coefficient (Wildman–Crippen LogP) is 5.83. The second-order valence-corrected chi connectivity index (χ2v) is 9.29. The van der Waals surface area contributed by atoms with Gasteiger partial charge in [-0.05, 0) is 78.0 Å². The first-order valence-corrected chi connectivity index (χ1v) is 12.1. The fourth-order valence-corrected chi connectivity index (χ4v) is 4.15. The molecule has 178 valence electrons. The van der Waals surface area contributed by atoms with Crippen LogP contribution in [0.2, 0.25) is 5.02 Å². The fourth-order valence-electron chi connectivity index (χ4n) is 3.41. The number of benzene rings is 3. The van der Waals surface area contributed by atoms with Crippen LogP contribution in [-0.2, 0) is 20.9 Å². The molecule has 6 nitrogen and oxygen atoms in total. The predicted molar refractivity (Wildman–Crippen MR) is 143 cm³/mol. The number of esters is 1. The summed E-state index contributed by atoms with van der Waals surface area (Å²) in [5.74, 6) is -0.171. The van der Waals surface area contributed by atoms with Crippen LogP contribution in [0, 0.1) is 0 Å². The Balaban J connectivity index is 1.56. The van der Waals surface area contributed by atoms with Crippen molar-refractivity contribution >= 4 is 68.5 Å². The summed E-state index contributed by atoms with van der Waals surface area (Å²) < 4.78 is 11.7. The number of carbonyl (C=O) groups is 2. The van der Waals surface area contributed by atoms with Crippen LogP contribution in [0.15, 0.2) is 83.0 Å². The summed E-state index contributed by atoms with van der Waals surface area (Å²) in [6, 6.07) is 22.0. The van der Waals surface area contributed by atoms with Gasteiger partial charge in [0.1, 0.15) is 24.6 Å². The number of ether oxygens (including phenoxy) is 2. The van der Waals surface area contributed by atoms with E-state index in [4.69, 9.17) is 33.3 Å². The van der Waals surface area contributed by atoms with Gasteiger partial charge in [-0.15, -0.1) is 0 Å². The van der Waals surface area contributed by atoms with Gasteiger partial charge in [0.05, 0.1) is 12.8 Å². The lowest BCUT2D eigenvalue weighted by molar-refractivity contribution is -0.140. The van der Waals surface area contributed by atoms with Crippen molar-refractivity contribution in [3.63, 3.8) is 0 Å². The van der Waals surface area contributed by atoms with Crippen LogP contribution in [0.5, 0.6) is 5.75 Å². The van der Waals surface area contributed by atoms with Gasteiger partial charge in [0.25, 0.3) is 5.91 Å². The third-order valence-electron chi connectivity index (χ3n) is 5.24. The van der Waals surface area contributed by atoms with Gasteiger partial charge in [0.15, 0.2) is 5.11 Å². The molecule has 0 N–H and O–H groups in total. The maximum absolute atomic E-state index is 13.4. The molecule has 35 heavy (non-hydrogen) atoms. The molecule has 1 fully saturated rings. The zero-order valence-corrected chi connectivity index (χ0v) is 21.8. The van der Waals surface area contributed by atoms with E-state index in [1.807, 2.05) is 48.5 Å². The maximum Gasteiger partial charge on any atom is 0.325 e. The first kappa shape index (κ1) is 24.9. The van der Waals surface area contributed by atoms with E-state index < -0.39 is 5.97 Å². The molecule has 1 heterocycles. The minimum absolute atomic E-state index is 0.184. The van der Waals surface area contributed by atoms with E-state index in [-0.39, 0.29) is 23.3 Å². The number of hydrogen-bond acceptors (Lipinski definition) is 5. The fraction of sp³-hybridized carbons (Fsp3) is 0.115. The highest BCUT2D eigenvalue weighted by molar-refractivity contribution is 9.10. The Kier molecular flexibility index (Phi) is 7.85. The van der Waals surface area contributed by atoms with Crippen LogP contribution in [0.25, 0.3) is 6.08 Å². The minimum Gasteiger partial charge on any atom is -0.489 e. The van der Waals surface area contributed by atoms with Crippen LogP contribution in [0.4, 0.5) is 5.69 Å². The lowest BCUT2D eigenvalue weighted by Gasteiger charge is -2.19. The zero-order valence-electron chi connectivity index (χ0n) is 18.6. The van der Waals surface area contributed by atoms with Crippen molar-refractivity contribution in [2.24, 2.45) is 0 Å². The molecule has 9 heteroatoms. The summed E-state index contributed by atoms with van der Waals surface area (Å²) in [5, 5.41) is 0.722. The van der Waals surface area contributed by atoms with Crippen molar-refractivity contribution in [1.29, 1.82) is 0 Å². The van der Waals surface area contributed by atoms with Crippen molar-refractivity contribution in [3.8, 4) is 5.75 Å². The second kappa shape index (κ2) is 11.0. The Bertz CT molecular complexity index is 1280. The maximum atomic E-state index is 13.4. The highest BCUT2D eigenvalue weighted by Crippen LogP contribution is 2.30. The van der Waals surface area contributed by atoms with E-state index in [1.54, 1.807) is 30.3 Å². The largest absolute Gasteiger partial charge is 0.489 e. The second-order valence-electron chi connectivity index (χ2n) is 7.58. The third-order valence-corrected chi connectivity index (χ3v) is 6.42. The van der Waals surface area contributed by atoms with Gasteiger partial charge < -0.3 is 14.4 Å². The quantitative estimate of drug-likeness (QED) is 0.202. The Morgan fingerprint density at radius 3 is 2.31 bits per heavy atom. The molecule has 0 saturated carbocycles. The van der Waals surface area contributed by atoms with E-state index >= 15 is 0 Å². The molecular weight excluding hydrogens is 552 g/mol. The number of hydrogen-bond donors (Lipinski definition) is 0. The van der Waals surface area contributed by atoms with Gasteiger partial charge in [-0.1, -0.05) is 51.8 Å². The molecule has 4 rings (SSSR count). The molecule has 1 aliphatic rings. The number of amides is 1. The molecule has 0 radical (unpaired) electrons. The number of carbonyl (C=O) groups excluding carboxylic acids is 2. The topological polar surface area (TPSA) is 59.1 Å². The summed E-state index contributed by atoms with van der Waals surface area (Å²) in [7, 11) is 1.29. The van der Waals surface area contributed by atoms with Crippen molar-refractivity contribution in [1.82, 2.24) is 4.90 Å². The number of anilines is 1. The van der Waals surface area contributed by atoms with E-state index in [0.29, 0.717) is 23.1 Å². The number of methoxy groups -OCH3 is 1. The molecule has 0 bridgehead atoms. The highest BCUT2D eigenvalue weighted by atomic mass is 79.9. The average Bonchev–Trinajstić information content (AvgIpc) is 3.09. The SMILES string of the molecule is COC(=O)CN1C(=S)N(c2ccc(Cl)cc2)C(=O)/C1=C/c1ccc(OCc2ccc(Br)cc2)cc1. The molecular formula is C26H20BrClN2O4S. The number of halogens is 2. The Hall–Kier alpha value is -3.20. The van der Waals surface area contributed by atoms with Crippen LogP contribution >= 0.6 is 39.7 Å². The third kappa shape index (κ3) is 5.90. The van der Waals surface area contributed by atoms with Gasteiger partial charge in [-0.25, -0.2) is 0 Å². The van der Waals surface area contributed by atoms with Crippen LogP contribution in [0.3, 0.4) is 0 Å². The van der Waals surface area contributed by atoms with Crippen LogP contribution < -0.4 is 9.64 Å². The lowest BCUT2D eigenvalue weighted by Crippen LogP contribution is -2.35. The van der Waals surface area contributed by atoms with Crippen molar-refractivity contribution in [3.05, 3.63) is 99.1 Å². The molecule has 3 aromatic carbocycles. The van der Waals surface area contributed by atoms with E-state index in [0.717, 1.165) is 15.6 Å². The monoisotopic (exact) mass is 570 g/mol. The standard InChI is InChI=1S/C26H20BrClN2O4S/c1-33-24(31)15-29-23(25(32)30(26(29)35)21-10-8-20(28)9-11-21)14-17-4-12-22(13-5-17)34-16-18-2-6-19(27)7-3-18/h2-14H,15-16H2,1H3/b23-14-. The molecule has 1 aliphatic heterocycles. The molecule has 0 aliphatic carbocycles. The number of thiocarbonyl (C=S) groups is 1. The van der Waals surface area contributed by atoms with Gasteiger partial charge >= 0.3 is 5.97 Å². The molecule has 0 atom stereocenters. The van der Waals surface area contributed by atoms with E-state index in [9.17, 15) is 9.59 Å². The van der Waals surface area contributed by atoms with Crippen molar-refractivity contribution in [2.45, 2.75) is 6.61 Å². The number of nitrogens with zero attached hydrogens (tertiary/aromatic N) is 2. The van der Waals surface area contributed by atoms with E-state index in [2.05, 4.69) is 15.9 Å². The molecule has 0 spiro atoms. The summed E-state index contributed by atoms with van der Waals surface area (Å²) in [4.78, 5) is 28.2. The van der Waals surface area contributed by atoms with Gasteiger partial charge in [0.2, 0.25) is 0 Å². The first-order valence-electron chi connectivity index (χ1n) is 10.5. The summed E-state index contributed by atoms with van der Waals surface area (Å²) in [6.07, 6.45) is 1.69. The first-order chi connectivity index (χ1) is 16.9. The van der Waals surface area contributed by atoms with Crippen molar-refractivity contribution in [2.75, 3.05) is 18.6 Å². The van der Waals surface area contributed by atoms with Crippen molar-refractivity contribution < 1.29 is 19.1 Å². The Labute approximate surface area is 221 Å². The minimum atomic E-state index is -0.513. The van der Waals surface area contributed by atoms with Crippen LogP contribution in [0.1, 0.15) is 11.1 Å². The molecule has 1 saturated heterocycles. The molecule has 0 unspecified atom stereocenters. The Morgan fingerprint density at radius 2 is 1.69 bits per heavy atom. The van der Waals surface area contributed by atoms with Crippen LogP contribution in [-0.4, -0.2) is 35.5 Å². The molecule has 0 aromatic heterocycles. The summed E-state index contributed by atoms with van der Waals surface area (Å²) in [6.45, 7) is 0.245. The van der Waals surface area contributed by atoms with E-state index in [1.165, 1.54) is 16.9 Å².